The molecule has 0 bridgehead atoms. The molecule has 1 saturated heterocycles. The second-order valence-electron chi connectivity index (χ2n) is 11.0. The van der Waals surface area contributed by atoms with Crippen LogP contribution in [0.2, 0.25) is 0 Å². The van der Waals surface area contributed by atoms with Crippen LogP contribution in [0.15, 0.2) is 49.1 Å². The highest BCUT2D eigenvalue weighted by atomic mass is 16.2. The molecule has 38 heavy (non-hydrogen) atoms. The maximum Gasteiger partial charge on any atom is 0.317 e. The number of carbonyl (C=O) groups is 1. The SMILES string of the molecule is CC(C)NC(=O)N1CCC(Cn2cc(-c3cnc4ccc(Nc5cc(C(C)C)cn5C)nc4c3)cn2)CC1. The summed E-state index contributed by atoms with van der Waals surface area (Å²) in [5, 5.41) is 11.1. The van der Waals surface area contributed by atoms with Crippen molar-refractivity contribution >= 4 is 28.7 Å². The number of amides is 2. The van der Waals surface area contributed by atoms with E-state index < -0.39 is 0 Å². The molecule has 9 nitrogen and oxygen atoms in total. The van der Waals surface area contributed by atoms with E-state index in [4.69, 9.17) is 4.98 Å². The Labute approximate surface area is 224 Å². The number of urea groups is 1. The molecule has 0 saturated carbocycles. The van der Waals surface area contributed by atoms with Crippen molar-refractivity contribution in [2.75, 3.05) is 18.4 Å². The fourth-order valence-corrected chi connectivity index (χ4v) is 4.93. The minimum atomic E-state index is 0.0413. The average molecular weight is 515 g/mol. The average Bonchev–Trinajstić information content (AvgIpc) is 3.50. The lowest BCUT2D eigenvalue weighted by molar-refractivity contribution is 0.162. The van der Waals surface area contributed by atoms with Crippen LogP contribution in [-0.2, 0) is 13.6 Å². The number of pyridine rings is 2. The summed E-state index contributed by atoms with van der Waals surface area (Å²) in [6, 6.07) is 8.41. The van der Waals surface area contributed by atoms with E-state index in [0.29, 0.717) is 11.8 Å². The molecular formula is C29H38N8O. The second kappa shape index (κ2) is 10.8. The predicted molar refractivity (Wildman–Crippen MR) is 152 cm³/mol. The largest absolute Gasteiger partial charge is 0.337 e. The first-order chi connectivity index (χ1) is 18.2. The molecule has 5 heterocycles. The zero-order valence-corrected chi connectivity index (χ0v) is 23.0. The number of aromatic nitrogens is 5. The first kappa shape index (κ1) is 25.8. The zero-order chi connectivity index (χ0) is 26.8. The molecule has 9 heteroatoms. The molecule has 0 spiro atoms. The number of rotatable bonds is 7. The highest BCUT2D eigenvalue weighted by molar-refractivity contribution is 5.81. The molecule has 0 atom stereocenters. The van der Waals surface area contributed by atoms with Gasteiger partial charge in [-0.15, -0.1) is 0 Å². The van der Waals surface area contributed by atoms with Crippen LogP contribution in [0.1, 0.15) is 52.0 Å². The van der Waals surface area contributed by atoms with Gasteiger partial charge in [0.05, 0.1) is 17.2 Å². The third-order valence-electron chi connectivity index (χ3n) is 7.21. The van der Waals surface area contributed by atoms with Crippen molar-refractivity contribution in [3.63, 3.8) is 0 Å². The van der Waals surface area contributed by atoms with Crippen molar-refractivity contribution in [1.29, 1.82) is 0 Å². The highest BCUT2D eigenvalue weighted by Gasteiger charge is 2.23. The van der Waals surface area contributed by atoms with Crippen molar-refractivity contribution in [3.8, 4) is 11.1 Å². The van der Waals surface area contributed by atoms with Crippen LogP contribution in [0.3, 0.4) is 0 Å². The Bertz CT molecular complexity index is 1410. The van der Waals surface area contributed by atoms with Gasteiger partial charge in [-0.25, -0.2) is 9.78 Å². The maximum absolute atomic E-state index is 12.3. The molecule has 200 valence electrons. The van der Waals surface area contributed by atoms with Crippen LogP contribution in [0, 0.1) is 5.92 Å². The molecular weight excluding hydrogens is 476 g/mol. The molecule has 0 aliphatic carbocycles. The number of nitrogens with zero attached hydrogens (tertiary/aromatic N) is 6. The van der Waals surface area contributed by atoms with Gasteiger partial charge >= 0.3 is 6.03 Å². The van der Waals surface area contributed by atoms with Gasteiger partial charge in [-0.2, -0.15) is 5.10 Å². The number of nitrogens with one attached hydrogen (secondary N) is 2. The summed E-state index contributed by atoms with van der Waals surface area (Å²) in [6.07, 6.45) is 9.98. The Morgan fingerprint density at radius 2 is 1.82 bits per heavy atom. The molecule has 1 fully saturated rings. The molecule has 4 aromatic heterocycles. The van der Waals surface area contributed by atoms with Gasteiger partial charge in [0.25, 0.3) is 0 Å². The van der Waals surface area contributed by atoms with Gasteiger partial charge in [0.1, 0.15) is 11.6 Å². The number of hydrogen-bond donors (Lipinski definition) is 2. The molecule has 0 unspecified atom stereocenters. The molecule has 1 aliphatic heterocycles. The van der Waals surface area contributed by atoms with Gasteiger partial charge in [-0.1, -0.05) is 13.8 Å². The van der Waals surface area contributed by atoms with E-state index in [1.165, 1.54) is 5.56 Å². The van der Waals surface area contributed by atoms with Crippen LogP contribution in [-0.4, -0.2) is 54.4 Å². The third-order valence-corrected chi connectivity index (χ3v) is 7.21. The minimum Gasteiger partial charge on any atom is -0.337 e. The van der Waals surface area contributed by atoms with Crippen molar-refractivity contribution < 1.29 is 4.79 Å². The van der Waals surface area contributed by atoms with Crippen LogP contribution in [0.25, 0.3) is 22.2 Å². The van der Waals surface area contributed by atoms with E-state index in [0.717, 1.165) is 66.3 Å². The number of anilines is 2. The van der Waals surface area contributed by atoms with E-state index in [1.807, 2.05) is 55.0 Å². The van der Waals surface area contributed by atoms with Crippen LogP contribution >= 0.6 is 0 Å². The Morgan fingerprint density at radius 3 is 2.53 bits per heavy atom. The number of piperidine rings is 1. The van der Waals surface area contributed by atoms with E-state index in [-0.39, 0.29) is 12.1 Å². The predicted octanol–water partition coefficient (Wildman–Crippen LogP) is 5.53. The molecule has 0 radical (unpaired) electrons. The summed E-state index contributed by atoms with van der Waals surface area (Å²) in [6.45, 7) is 10.8. The van der Waals surface area contributed by atoms with E-state index >= 15 is 0 Å². The molecule has 5 rings (SSSR count). The first-order valence-corrected chi connectivity index (χ1v) is 13.5. The topological polar surface area (TPSA) is 92.9 Å². The summed E-state index contributed by atoms with van der Waals surface area (Å²) >= 11 is 0. The lowest BCUT2D eigenvalue weighted by atomic mass is 9.97. The van der Waals surface area contributed by atoms with E-state index in [2.05, 4.69) is 63.7 Å². The van der Waals surface area contributed by atoms with Gasteiger partial charge in [-0.3, -0.25) is 9.67 Å². The minimum absolute atomic E-state index is 0.0413. The Kier molecular flexibility index (Phi) is 7.35. The Balaban J connectivity index is 1.25. The van der Waals surface area contributed by atoms with Crippen LogP contribution in [0.5, 0.6) is 0 Å². The first-order valence-electron chi connectivity index (χ1n) is 13.5. The monoisotopic (exact) mass is 514 g/mol. The van der Waals surface area contributed by atoms with Crippen molar-refractivity contribution in [3.05, 3.63) is 54.6 Å². The Hall–Kier alpha value is -3.88. The maximum atomic E-state index is 12.3. The third kappa shape index (κ3) is 5.82. The van der Waals surface area contributed by atoms with Gasteiger partial charge in [0.15, 0.2) is 0 Å². The zero-order valence-electron chi connectivity index (χ0n) is 23.0. The van der Waals surface area contributed by atoms with Crippen LogP contribution < -0.4 is 10.6 Å². The molecule has 2 amide bonds. The molecule has 2 N–H and O–H groups in total. The van der Waals surface area contributed by atoms with Gasteiger partial charge in [0, 0.05) is 62.4 Å². The number of carbonyl (C=O) groups excluding carboxylic acids is 1. The number of fused-ring (bicyclic) bond motifs is 1. The van der Waals surface area contributed by atoms with Gasteiger partial charge < -0.3 is 20.1 Å². The molecule has 1 aliphatic rings. The molecule has 4 aromatic rings. The normalized spacial score (nSPS) is 14.6. The number of likely N-dealkylation sites (tertiary alicyclic amines) is 1. The summed E-state index contributed by atoms with van der Waals surface area (Å²) in [7, 11) is 2.04. The fourth-order valence-electron chi connectivity index (χ4n) is 4.93. The summed E-state index contributed by atoms with van der Waals surface area (Å²) in [5.74, 6) is 2.78. The second-order valence-corrected chi connectivity index (χ2v) is 11.0. The summed E-state index contributed by atoms with van der Waals surface area (Å²) in [4.78, 5) is 23.7. The fraction of sp³-hybridized carbons (Fsp3) is 0.448. The van der Waals surface area contributed by atoms with Crippen molar-refractivity contribution in [1.82, 2.24) is 34.5 Å². The van der Waals surface area contributed by atoms with E-state index in [9.17, 15) is 4.79 Å². The number of hydrogen-bond acceptors (Lipinski definition) is 5. The lowest BCUT2D eigenvalue weighted by Gasteiger charge is -2.32. The van der Waals surface area contributed by atoms with Gasteiger partial charge in [0.2, 0.25) is 0 Å². The lowest BCUT2D eigenvalue weighted by Crippen LogP contribution is -2.46. The smallest absolute Gasteiger partial charge is 0.317 e. The van der Waals surface area contributed by atoms with Crippen molar-refractivity contribution in [2.45, 2.75) is 59.0 Å². The van der Waals surface area contributed by atoms with Gasteiger partial charge in [-0.05, 0) is 68.4 Å². The summed E-state index contributed by atoms with van der Waals surface area (Å²) in [5.41, 5.74) is 5.01. The molecule has 0 aromatic carbocycles. The quantitative estimate of drug-likeness (QED) is 0.338. The van der Waals surface area contributed by atoms with Crippen molar-refractivity contribution in [2.24, 2.45) is 13.0 Å². The van der Waals surface area contributed by atoms with Crippen LogP contribution in [0.4, 0.5) is 16.4 Å². The Morgan fingerprint density at radius 1 is 1.03 bits per heavy atom. The number of aryl methyl sites for hydroxylation is 1. The summed E-state index contributed by atoms with van der Waals surface area (Å²) < 4.78 is 4.11. The highest BCUT2D eigenvalue weighted by Crippen LogP contribution is 2.26. The standard InChI is InChI=1S/C29H38N8O/c1-19(2)23-13-28(35(5)17-23)34-27-7-6-25-26(33-27)12-22(14-30-25)24-15-31-37(18-24)16-21-8-10-36(11-9-21)29(38)32-20(3)4/h6-7,12-15,17-21H,8-11,16H2,1-5H3,(H,32,38)(H,33,34). The van der Waals surface area contributed by atoms with E-state index in [1.54, 1.807) is 0 Å².